The minimum Gasteiger partial charge on any atom is -0.381 e. The second-order valence-electron chi connectivity index (χ2n) is 8.95. The summed E-state index contributed by atoms with van der Waals surface area (Å²) in [5.41, 5.74) is 2.42. The molecule has 0 unspecified atom stereocenters. The minimum absolute atomic E-state index is 0. The number of carbonyl (C=O) groups excluding carboxylic acids is 1. The molecule has 2 saturated heterocycles. The van der Waals surface area contributed by atoms with Crippen molar-refractivity contribution in [3.05, 3.63) is 35.4 Å². The number of nitrogens with one attached hydrogen (secondary N) is 2. The number of carbonyl (C=O) groups is 1. The highest BCUT2D eigenvalue weighted by Crippen LogP contribution is 2.18. The van der Waals surface area contributed by atoms with E-state index in [1.165, 1.54) is 11.1 Å². The Bertz CT molecular complexity index is 775. The Morgan fingerprint density at radius 2 is 1.85 bits per heavy atom. The highest BCUT2D eigenvalue weighted by Gasteiger charge is 2.26. The molecular weight excluding hydrogens is 533 g/mol. The average Bonchev–Trinajstić information content (AvgIpc) is 3.64. The third kappa shape index (κ3) is 8.70. The van der Waals surface area contributed by atoms with E-state index in [0.717, 1.165) is 77.6 Å². The van der Waals surface area contributed by atoms with Gasteiger partial charge in [-0.2, -0.15) is 0 Å². The van der Waals surface area contributed by atoms with Gasteiger partial charge < -0.3 is 25.0 Å². The molecule has 0 spiro atoms. The van der Waals surface area contributed by atoms with Crippen LogP contribution in [-0.4, -0.2) is 86.8 Å². The number of benzene rings is 1. The van der Waals surface area contributed by atoms with Crippen LogP contribution in [0.5, 0.6) is 0 Å². The Morgan fingerprint density at radius 3 is 2.55 bits per heavy atom. The minimum atomic E-state index is 0. The molecule has 184 valence electrons. The SMILES string of the molecule is CN=C(NCc1cccc(COC2CCOCC2)c1)N1CCN(CC(=O)NC2CC2)CC1.I. The van der Waals surface area contributed by atoms with Crippen LogP contribution in [-0.2, 0) is 27.4 Å². The predicted molar refractivity (Wildman–Crippen MR) is 140 cm³/mol. The lowest BCUT2D eigenvalue weighted by atomic mass is 10.1. The number of hydrogen-bond donors (Lipinski definition) is 2. The topological polar surface area (TPSA) is 78.4 Å². The maximum Gasteiger partial charge on any atom is 0.234 e. The van der Waals surface area contributed by atoms with E-state index < -0.39 is 0 Å². The lowest BCUT2D eigenvalue weighted by Gasteiger charge is -2.36. The Hall–Kier alpha value is -1.43. The van der Waals surface area contributed by atoms with E-state index in [1.54, 1.807) is 0 Å². The summed E-state index contributed by atoms with van der Waals surface area (Å²) in [6.07, 6.45) is 4.54. The van der Waals surface area contributed by atoms with Crippen LogP contribution in [0.15, 0.2) is 29.3 Å². The molecule has 4 rings (SSSR count). The van der Waals surface area contributed by atoms with E-state index >= 15 is 0 Å². The maximum atomic E-state index is 12.0. The van der Waals surface area contributed by atoms with E-state index in [4.69, 9.17) is 9.47 Å². The molecule has 2 N–H and O–H groups in total. The second kappa shape index (κ2) is 13.5. The van der Waals surface area contributed by atoms with Crippen LogP contribution in [0.2, 0.25) is 0 Å². The van der Waals surface area contributed by atoms with E-state index in [-0.39, 0.29) is 29.9 Å². The monoisotopic (exact) mass is 571 g/mol. The standard InChI is InChI=1S/C24H37N5O3.HI/c1-25-24(29-11-9-28(10-12-29)17-23(30)27-21-5-6-21)26-16-19-3-2-4-20(15-19)18-32-22-7-13-31-14-8-22;/h2-4,15,21-22H,5-14,16-18H2,1H3,(H,25,26)(H,27,30);1H. The number of rotatable bonds is 8. The van der Waals surface area contributed by atoms with Crippen molar-refractivity contribution in [3.63, 3.8) is 0 Å². The van der Waals surface area contributed by atoms with Crippen molar-refractivity contribution in [3.8, 4) is 0 Å². The summed E-state index contributed by atoms with van der Waals surface area (Å²) in [4.78, 5) is 21.0. The van der Waals surface area contributed by atoms with Gasteiger partial charge in [0.2, 0.25) is 5.91 Å². The largest absolute Gasteiger partial charge is 0.381 e. The van der Waals surface area contributed by atoms with E-state index in [2.05, 4.69) is 49.7 Å². The third-order valence-electron chi connectivity index (χ3n) is 6.29. The fourth-order valence-electron chi connectivity index (χ4n) is 4.22. The highest BCUT2D eigenvalue weighted by molar-refractivity contribution is 14.0. The van der Waals surface area contributed by atoms with Gasteiger partial charge in [0.1, 0.15) is 0 Å². The zero-order chi connectivity index (χ0) is 22.2. The van der Waals surface area contributed by atoms with Crippen molar-refractivity contribution >= 4 is 35.8 Å². The number of amides is 1. The van der Waals surface area contributed by atoms with Gasteiger partial charge in [-0.3, -0.25) is 14.7 Å². The van der Waals surface area contributed by atoms with Gasteiger partial charge in [0, 0.05) is 59.0 Å². The second-order valence-corrected chi connectivity index (χ2v) is 8.95. The molecule has 3 aliphatic rings. The summed E-state index contributed by atoms with van der Waals surface area (Å²) in [5.74, 6) is 1.07. The van der Waals surface area contributed by atoms with Crippen molar-refractivity contribution in [1.82, 2.24) is 20.4 Å². The first kappa shape index (κ1) is 26.2. The van der Waals surface area contributed by atoms with Gasteiger partial charge in [-0.05, 0) is 36.8 Å². The first-order valence-corrected chi connectivity index (χ1v) is 11.9. The number of aliphatic imine (C=N–C) groups is 1. The molecule has 0 atom stereocenters. The van der Waals surface area contributed by atoms with Gasteiger partial charge in [0.05, 0.1) is 19.3 Å². The van der Waals surface area contributed by atoms with Gasteiger partial charge in [-0.25, -0.2) is 0 Å². The molecule has 1 aromatic rings. The van der Waals surface area contributed by atoms with Crippen molar-refractivity contribution in [2.24, 2.45) is 4.99 Å². The van der Waals surface area contributed by atoms with Crippen molar-refractivity contribution in [2.45, 2.75) is 51.0 Å². The fourth-order valence-corrected chi connectivity index (χ4v) is 4.22. The molecule has 2 aliphatic heterocycles. The zero-order valence-corrected chi connectivity index (χ0v) is 22.0. The third-order valence-corrected chi connectivity index (χ3v) is 6.29. The first-order valence-electron chi connectivity index (χ1n) is 11.9. The number of hydrogen-bond acceptors (Lipinski definition) is 5. The molecule has 8 nitrogen and oxygen atoms in total. The fraction of sp³-hybridized carbons (Fsp3) is 0.667. The molecule has 1 aliphatic carbocycles. The number of nitrogens with zero attached hydrogens (tertiary/aromatic N) is 3. The molecule has 0 aromatic heterocycles. The van der Waals surface area contributed by atoms with Gasteiger partial charge in [-0.15, -0.1) is 24.0 Å². The van der Waals surface area contributed by atoms with Crippen molar-refractivity contribution < 1.29 is 14.3 Å². The zero-order valence-electron chi connectivity index (χ0n) is 19.6. The van der Waals surface area contributed by atoms with Gasteiger partial charge in [0.25, 0.3) is 0 Å². The van der Waals surface area contributed by atoms with Crippen LogP contribution in [0.4, 0.5) is 0 Å². The Labute approximate surface area is 214 Å². The molecule has 33 heavy (non-hydrogen) atoms. The summed E-state index contributed by atoms with van der Waals surface area (Å²) in [6.45, 7) is 6.95. The van der Waals surface area contributed by atoms with E-state index in [9.17, 15) is 4.79 Å². The average molecular weight is 572 g/mol. The Morgan fingerprint density at radius 1 is 1.12 bits per heavy atom. The summed E-state index contributed by atoms with van der Waals surface area (Å²) in [6, 6.07) is 8.98. The quantitative estimate of drug-likeness (QED) is 0.283. The lowest BCUT2D eigenvalue weighted by molar-refractivity contribution is -0.122. The normalized spacial score (nSPS) is 20.3. The Kier molecular flexibility index (Phi) is 10.7. The molecule has 9 heteroatoms. The van der Waals surface area contributed by atoms with Gasteiger partial charge in [0.15, 0.2) is 5.96 Å². The molecular formula is C24H38IN5O3. The highest BCUT2D eigenvalue weighted by atomic mass is 127. The van der Waals surface area contributed by atoms with Crippen LogP contribution < -0.4 is 10.6 Å². The summed E-state index contributed by atoms with van der Waals surface area (Å²) in [7, 11) is 1.83. The molecule has 0 radical (unpaired) electrons. The van der Waals surface area contributed by atoms with E-state index in [1.807, 2.05) is 7.05 Å². The summed E-state index contributed by atoms with van der Waals surface area (Å²) >= 11 is 0. The molecule has 1 saturated carbocycles. The summed E-state index contributed by atoms with van der Waals surface area (Å²) < 4.78 is 11.5. The van der Waals surface area contributed by atoms with Crippen molar-refractivity contribution in [2.75, 3.05) is 53.0 Å². The van der Waals surface area contributed by atoms with Crippen LogP contribution in [0, 0.1) is 0 Å². The molecule has 3 fully saturated rings. The van der Waals surface area contributed by atoms with Gasteiger partial charge >= 0.3 is 0 Å². The van der Waals surface area contributed by atoms with Crippen LogP contribution in [0.1, 0.15) is 36.8 Å². The maximum absolute atomic E-state index is 12.0. The molecule has 1 amide bonds. The van der Waals surface area contributed by atoms with Crippen LogP contribution >= 0.6 is 24.0 Å². The first-order chi connectivity index (χ1) is 15.7. The Balaban J connectivity index is 0.00000306. The summed E-state index contributed by atoms with van der Waals surface area (Å²) in [5, 5.41) is 6.57. The number of ether oxygens (including phenoxy) is 2. The number of piperazine rings is 1. The molecule has 1 aromatic carbocycles. The van der Waals surface area contributed by atoms with Crippen LogP contribution in [0.3, 0.4) is 0 Å². The lowest BCUT2D eigenvalue weighted by Crippen LogP contribution is -2.54. The van der Waals surface area contributed by atoms with E-state index in [0.29, 0.717) is 25.3 Å². The van der Waals surface area contributed by atoms with Crippen LogP contribution in [0.25, 0.3) is 0 Å². The molecule has 0 bridgehead atoms. The van der Waals surface area contributed by atoms with Gasteiger partial charge in [-0.1, -0.05) is 24.3 Å². The number of halogens is 1. The number of guanidine groups is 1. The smallest absolute Gasteiger partial charge is 0.234 e. The molecule has 2 heterocycles. The van der Waals surface area contributed by atoms with Crippen molar-refractivity contribution in [1.29, 1.82) is 0 Å². The predicted octanol–water partition coefficient (Wildman–Crippen LogP) is 1.97.